The van der Waals surface area contributed by atoms with Gasteiger partial charge in [0, 0.05) is 29.7 Å². The van der Waals surface area contributed by atoms with E-state index in [0.29, 0.717) is 9.33 Å². The van der Waals surface area contributed by atoms with E-state index < -0.39 is 11.3 Å². The van der Waals surface area contributed by atoms with Gasteiger partial charge in [-0.15, -0.1) is 0 Å². The zero-order valence-corrected chi connectivity index (χ0v) is 22.0. The average Bonchev–Trinajstić information content (AvgIpc) is 3.29. The number of nitrogens with one attached hydrogen (secondary N) is 1. The second-order valence-corrected chi connectivity index (χ2v) is 10.7. The molecule has 2 aliphatic rings. The minimum Gasteiger partial charge on any atom is -0.295 e. The van der Waals surface area contributed by atoms with Crippen LogP contribution in [0.1, 0.15) is 16.7 Å². The van der Waals surface area contributed by atoms with Crippen LogP contribution in [-0.2, 0) is 11.3 Å². The summed E-state index contributed by atoms with van der Waals surface area (Å²) in [5.41, 5.74) is 3.50. The fourth-order valence-corrected chi connectivity index (χ4v) is 6.46. The highest BCUT2D eigenvalue weighted by Crippen LogP contribution is 2.53. The zero-order chi connectivity index (χ0) is 25.1. The Morgan fingerprint density at radius 2 is 1.47 bits per heavy atom. The summed E-state index contributed by atoms with van der Waals surface area (Å²) in [6.45, 7) is 0. The maximum atomic E-state index is 13.7. The van der Waals surface area contributed by atoms with Crippen LogP contribution in [-0.4, -0.2) is 34.6 Å². The normalized spacial score (nSPS) is 23.2. The van der Waals surface area contributed by atoms with Gasteiger partial charge < -0.3 is 0 Å². The molecule has 36 heavy (non-hydrogen) atoms. The van der Waals surface area contributed by atoms with Gasteiger partial charge in [-0.05, 0) is 23.8 Å². The van der Waals surface area contributed by atoms with Gasteiger partial charge in [-0.2, -0.15) is 4.68 Å². The van der Waals surface area contributed by atoms with Crippen molar-refractivity contribution in [1.29, 1.82) is 0 Å². The predicted octanol–water partition coefficient (Wildman–Crippen LogP) is 3.38. The van der Waals surface area contributed by atoms with Crippen molar-refractivity contribution in [2.75, 3.05) is 19.5 Å². The van der Waals surface area contributed by atoms with Gasteiger partial charge in [0.2, 0.25) is 16.1 Å². The van der Waals surface area contributed by atoms with E-state index >= 15 is 0 Å². The summed E-state index contributed by atoms with van der Waals surface area (Å²) in [5.74, 6) is 0. The smallest absolute Gasteiger partial charge is 0.295 e. The van der Waals surface area contributed by atoms with Gasteiger partial charge >= 0.3 is 6.03 Å². The summed E-state index contributed by atoms with van der Waals surface area (Å²) in [4.78, 5) is 36.3. The minimum absolute atomic E-state index is 0.205. The van der Waals surface area contributed by atoms with Crippen molar-refractivity contribution < 1.29 is 4.79 Å². The molecule has 1 saturated heterocycles. The Hall–Kier alpha value is -3.69. The van der Waals surface area contributed by atoms with E-state index in [1.165, 1.54) is 16.0 Å². The topological polar surface area (TPSA) is 69.9 Å². The molecule has 1 N–H and O–H groups in total. The van der Waals surface area contributed by atoms with Gasteiger partial charge in [-0.1, -0.05) is 100 Å². The van der Waals surface area contributed by atoms with E-state index in [2.05, 4.69) is 21.4 Å². The van der Waals surface area contributed by atoms with Crippen LogP contribution in [0.2, 0.25) is 0 Å². The Labute approximate surface area is 219 Å². The molecule has 7 nitrogen and oxygen atoms in total. The summed E-state index contributed by atoms with van der Waals surface area (Å²) < 4.78 is 3.00. The first-order valence-electron chi connectivity index (χ1n) is 11.4. The number of amides is 2. The van der Waals surface area contributed by atoms with Crippen molar-refractivity contribution in [3.8, 4) is 0 Å². The van der Waals surface area contributed by atoms with Crippen molar-refractivity contribution in [3.63, 3.8) is 0 Å². The number of benzene rings is 3. The molecule has 0 bridgehead atoms. The molecule has 0 unspecified atom stereocenters. The van der Waals surface area contributed by atoms with E-state index in [1.54, 1.807) is 23.9 Å². The van der Waals surface area contributed by atoms with Crippen LogP contribution < -0.4 is 20.3 Å². The Morgan fingerprint density at radius 3 is 2.11 bits per heavy atom. The molecular weight excluding hydrogens is 538 g/mol. The molecule has 2 aliphatic heterocycles. The Balaban J connectivity index is 1.70. The fraction of sp³-hybridized carbons (Fsp3) is 0.148. The Morgan fingerprint density at radius 1 is 0.861 bits per heavy atom. The summed E-state index contributed by atoms with van der Waals surface area (Å²) in [6, 6.07) is 27.0. The van der Waals surface area contributed by atoms with E-state index in [0.717, 1.165) is 21.2 Å². The number of carbonyl (C=O) groups excluding carboxylic acids is 1. The lowest BCUT2D eigenvalue weighted by Gasteiger charge is -2.49. The lowest BCUT2D eigenvalue weighted by Crippen LogP contribution is -2.67. The summed E-state index contributed by atoms with van der Waals surface area (Å²) in [5, 5.41) is 0. The van der Waals surface area contributed by atoms with Crippen LogP contribution in [0.5, 0.6) is 0 Å². The quantitative estimate of drug-likeness (QED) is 0.418. The van der Waals surface area contributed by atoms with Crippen LogP contribution in [0.15, 0.2) is 99.2 Å². The number of urea groups is 1. The van der Waals surface area contributed by atoms with Crippen LogP contribution >= 0.6 is 27.3 Å². The van der Waals surface area contributed by atoms with Gasteiger partial charge in [-0.25, -0.2) is 9.79 Å². The second kappa shape index (κ2) is 8.18. The lowest BCUT2D eigenvalue weighted by atomic mass is 9.80. The molecular formula is C27H22BrN5O2S. The van der Waals surface area contributed by atoms with Gasteiger partial charge in [0.1, 0.15) is 0 Å². The minimum atomic E-state index is -1.17. The van der Waals surface area contributed by atoms with Crippen molar-refractivity contribution >= 4 is 39.4 Å². The van der Waals surface area contributed by atoms with Gasteiger partial charge in [0.05, 0.1) is 4.53 Å². The predicted molar refractivity (Wildman–Crippen MR) is 144 cm³/mol. The number of likely N-dealkylation sites (N-methyl/N-ethyl adjacent to an activating group) is 2. The number of hydrogen-bond donors (Lipinski definition) is 1. The van der Waals surface area contributed by atoms with E-state index in [1.807, 2.05) is 91.0 Å². The number of fused-ring (bicyclic) bond motifs is 2. The Kier molecular flexibility index (Phi) is 5.17. The number of hydrogen-bond acceptors (Lipinski definition) is 5. The Bertz CT molecular complexity index is 1650. The van der Waals surface area contributed by atoms with E-state index in [9.17, 15) is 9.59 Å². The number of rotatable bonds is 3. The fourth-order valence-electron chi connectivity index (χ4n) is 5.23. The number of carbonyl (C=O) groups is 1. The standard InChI is InChI=1S/C27H22BrN5O2S/c1-31-25(35)32(2)27(20-11-7-4-8-12-20)26(31,19-9-5-3-6-10-19)29-24-33(30-27)23(34)22(36-24)17-18-13-15-21(28)16-14-18/h3-17,30H,1-2H3/b22-17+/t26-,27-/m0/s1. The first-order chi connectivity index (χ1) is 17.4. The van der Waals surface area contributed by atoms with Crippen LogP contribution in [0.3, 0.4) is 0 Å². The van der Waals surface area contributed by atoms with Crippen molar-refractivity contribution in [3.05, 3.63) is 126 Å². The van der Waals surface area contributed by atoms with Gasteiger partial charge in [0.25, 0.3) is 5.56 Å². The molecule has 4 aromatic rings. The summed E-state index contributed by atoms with van der Waals surface area (Å²) in [7, 11) is 3.51. The number of nitrogens with zero attached hydrogens (tertiary/aromatic N) is 4. The zero-order valence-electron chi connectivity index (χ0n) is 19.6. The van der Waals surface area contributed by atoms with Crippen LogP contribution in [0.4, 0.5) is 4.79 Å². The number of thiazole rings is 1. The van der Waals surface area contributed by atoms with Crippen LogP contribution in [0.25, 0.3) is 6.08 Å². The van der Waals surface area contributed by atoms with E-state index in [-0.39, 0.29) is 11.6 Å². The second-order valence-electron chi connectivity index (χ2n) is 8.82. The molecule has 3 aromatic carbocycles. The molecule has 6 rings (SSSR count). The third-order valence-corrected chi connectivity index (χ3v) is 8.44. The molecule has 2 amide bonds. The number of aromatic nitrogens is 1. The highest BCUT2D eigenvalue weighted by Gasteiger charge is 2.69. The molecule has 3 heterocycles. The van der Waals surface area contributed by atoms with Crippen molar-refractivity contribution in [1.82, 2.24) is 14.5 Å². The summed E-state index contributed by atoms with van der Waals surface area (Å²) in [6.07, 6.45) is 1.86. The lowest BCUT2D eigenvalue weighted by molar-refractivity contribution is 0.0648. The maximum absolute atomic E-state index is 13.7. The van der Waals surface area contributed by atoms with Crippen molar-refractivity contribution in [2.24, 2.45) is 4.99 Å². The average molecular weight is 560 g/mol. The molecule has 180 valence electrons. The van der Waals surface area contributed by atoms with E-state index in [4.69, 9.17) is 4.99 Å². The molecule has 2 atom stereocenters. The molecule has 0 radical (unpaired) electrons. The largest absolute Gasteiger partial charge is 0.324 e. The molecule has 0 aliphatic carbocycles. The van der Waals surface area contributed by atoms with Gasteiger partial charge in [-0.3, -0.25) is 20.0 Å². The van der Waals surface area contributed by atoms with Crippen molar-refractivity contribution in [2.45, 2.75) is 11.3 Å². The first-order valence-corrected chi connectivity index (χ1v) is 13.0. The summed E-state index contributed by atoms with van der Waals surface area (Å²) >= 11 is 4.75. The molecule has 0 saturated carbocycles. The highest BCUT2D eigenvalue weighted by molar-refractivity contribution is 9.10. The monoisotopic (exact) mass is 559 g/mol. The van der Waals surface area contributed by atoms with Crippen LogP contribution in [0, 0.1) is 0 Å². The highest BCUT2D eigenvalue weighted by atomic mass is 79.9. The molecule has 0 spiro atoms. The van der Waals surface area contributed by atoms with Gasteiger partial charge in [0.15, 0.2) is 0 Å². The number of halogens is 1. The SMILES string of the molecule is CN1C(=O)N(C)[C@]2(c3ccccc3)Nn3c(s/c(=C/c4ccc(Br)cc4)c3=O)=N[C@@]12c1ccccc1. The first kappa shape index (κ1) is 22.8. The molecule has 9 heteroatoms. The molecule has 1 fully saturated rings. The third kappa shape index (κ3) is 2.99. The maximum Gasteiger partial charge on any atom is 0.324 e. The molecule has 1 aromatic heterocycles. The third-order valence-electron chi connectivity index (χ3n) is 6.94.